The number of nitrogens with zero attached hydrogens (tertiary/aromatic N) is 1. The first kappa shape index (κ1) is 17.2. The first-order chi connectivity index (χ1) is 7.79. The third-order valence-corrected chi connectivity index (χ3v) is 4.57. The Bertz CT molecular complexity index is 218. The summed E-state index contributed by atoms with van der Waals surface area (Å²) in [6, 6.07) is 1.34. The molecular weight excluding hydrogens is 367 g/mol. The number of thiocarbonyl (C=S) groups is 1. The van der Waals surface area contributed by atoms with Crippen molar-refractivity contribution in [2.45, 2.75) is 76.3 Å². The van der Waals surface area contributed by atoms with Gasteiger partial charge in [0.15, 0.2) is 0 Å². The van der Waals surface area contributed by atoms with Crippen LogP contribution in [0.25, 0.3) is 0 Å². The molecule has 0 N–H and O–H groups in total. The Hall–Kier alpha value is 2.16. The van der Waals surface area contributed by atoms with Crippen molar-refractivity contribution < 1.29 is 68.9 Å². The van der Waals surface area contributed by atoms with E-state index in [9.17, 15) is 0 Å². The van der Waals surface area contributed by atoms with Gasteiger partial charge in [-0.25, -0.2) is 0 Å². The number of rotatable bonds is 2. The van der Waals surface area contributed by atoms with E-state index < -0.39 is 0 Å². The van der Waals surface area contributed by atoms with Gasteiger partial charge in [0.2, 0.25) is 0 Å². The van der Waals surface area contributed by atoms with E-state index in [0.29, 0.717) is 12.1 Å². The maximum atomic E-state index is 5.32. The van der Waals surface area contributed by atoms with Crippen LogP contribution in [0, 0.1) is 0 Å². The Kier molecular flexibility index (Phi) is 9.28. The van der Waals surface area contributed by atoms with Gasteiger partial charge in [-0.3, -0.25) is 0 Å². The van der Waals surface area contributed by atoms with E-state index >= 15 is 0 Å². The predicted molar refractivity (Wildman–Crippen MR) is 75.5 cm³/mol. The third-order valence-electron chi connectivity index (χ3n) is 4.15. The van der Waals surface area contributed by atoms with Crippen molar-refractivity contribution in [3.05, 3.63) is 0 Å². The average molecular weight is 389 g/mol. The zero-order valence-corrected chi connectivity index (χ0v) is 18.9. The van der Waals surface area contributed by atoms with Gasteiger partial charge < -0.3 is 29.7 Å². The summed E-state index contributed by atoms with van der Waals surface area (Å²) in [7, 11) is 0. The Morgan fingerprint density at radius 2 is 1.18 bits per heavy atom. The van der Waals surface area contributed by atoms with Crippen molar-refractivity contribution >= 4 is 29.2 Å². The summed E-state index contributed by atoms with van der Waals surface area (Å²) in [5, 5.41) is 0. The first-order valence-electron chi connectivity index (χ1n) is 6.78. The standard InChI is InChI=1S/C13H23NS2.Cs/c15-13(16)14(11-7-3-1-4-8-11)12-9-5-2-6-10-12;/h11-12H,1-10H2,(H,15,16);/q;+1/p-1. The van der Waals surface area contributed by atoms with Crippen LogP contribution in [0.4, 0.5) is 0 Å². The van der Waals surface area contributed by atoms with E-state index in [0.717, 1.165) is 4.32 Å². The molecule has 0 heterocycles. The molecule has 2 aliphatic rings. The fourth-order valence-electron chi connectivity index (χ4n) is 3.31. The molecule has 0 aromatic rings. The zero-order chi connectivity index (χ0) is 11.4. The van der Waals surface area contributed by atoms with Crippen LogP contribution in [0.15, 0.2) is 0 Å². The summed E-state index contributed by atoms with van der Waals surface area (Å²) in [6.45, 7) is 0. The van der Waals surface area contributed by atoms with E-state index in [1.54, 1.807) is 0 Å². The van der Waals surface area contributed by atoms with Crippen LogP contribution in [0.5, 0.6) is 0 Å². The molecule has 2 aliphatic carbocycles. The predicted octanol–water partition coefficient (Wildman–Crippen LogP) is 0.790. The van der Waals surface area contributed by atoms with Crippen LogP contribution in [0.3, 0.4) is 0 Å². The van der Waals surface area contributed by atoms with Crippen LogP contribution in [-0.2, 0) is 12.6 Å². The monoisotopic (exact) mass is 389 g/mol. The van der Waals surface area contributed by atoms with Gasteiger partial charge in [-0.15, -0.1) is 0 Å². The maximum Gasteiger partial charge on any atom is 1.00 e. The van der Waals surface area contributed by atoms with E-state index in [4.69, 9.17) is 24.8 Å². The van der Waals surface area contributed by atoms with Gasteiger partial charge >= 0.3 is 68.9 Å². The van der Waals surface area contributed by atoms with E-state index in [1.165, 1.54) is 64.2 Å². The molecule has 0 radical (unpaired) electrons. The van der Waals surface area contributed by atoms with E-state index in [2.05, 4.69) is 4.90 Å². The third kappa shape index (κ3) is 5.21. The summed E-state index contributed by atoms with van der Waals surface area (Å²) >= 11 is 10.6. The van der Waals surface area contributed by atoms with Crippen LogP contribution in [0.1, 0.15) is 64.2 Å². The average Bonchev–Trinajstić information content (AvgIpc) is 2.31. The normalized spacial score (nSPS) is 22.8. The van der Waals surface area contributed by atoms with Gasteiger partial charge in [-0.2, -0.15) is 0 Å². The van der Waals surface area contributed by atoms with Crippen molar-refractivity contribution in [3.63, 3.8) is 0 Å². The molecule has 2 fully saturated rings. The Labute approximate surface area is 176 Å². The SMILES string of the molecule is S=C([S-])N(C1CCCCC1)C1CCCCC1.[Cs+]. The molecule has 4 heteroatoms. The smallest absolute Gasteiger partial charge is 0.411 e. The molecule has 0 amide bonds. The van der Waals surface area contributed by atoms with Gasteiger partial charge in [0.1, 0.15) is 0 Å². The van der Waals surface area contributed by atoms with Gasteiger partial charge in [0, 0.05) is 12.1 Å². The van der Waals surface area contributed by atoms with Crippen LogP contribution in [0.2, 0.25) is 0 Å². The molecule has 2 rings (SSSR count). The van der Waals surface area contributed by atoms with Crippen LogP contribution < -0.4 is 68.9 Å². The molecule has 1 nitrogen and oxygen atoms in total. The largest absolute Gasteiger partial charge is 1.00 e. The first-order valence-corrected chi connectivity index (χ1v) is 7.60. The van der Waals surface area contributed by atoms with Gasteiger partial charge in [-0.1, -0.05) is 42.8 Å². The molecule has 0 bridgehead atoms. The second-order valence-electron chi connectivity index (χ2n) is 5.26. The minimum absolute atomic E-state index is 0. The topological polar surface area (TPSA) is 3.24 Å². The Morgan fingerprint density at radius 3 is 1.47 bits per heavy atom. The van der Waals surface area contributed by atoms with Crippen molar-refractivity contribution in [3.8, 4) is 0 Å². The van der Waals surface area contributed by atoms with Gasteiger partial charge in [0.25, 0.3) is 0 Å². The van der Waals surface area contributed by atoms with Crippen LogP contribution in [-0.4, -0.2) is 21.3 Å². The zero-order valence-electron chi connectivity index (χ0n) is 11.0. The molecule has 17 heavy (non-hydrogen) atoms. The second kappa shape index (κ2) is 9.16. The van der Waals surface area contributed by atoms with Crippen molar-refractivity contribution in [1.82, 2.24) is 4.90 Å². The summed E-state index contributed by atoms with van der Waals surface area (Å²) in [6.07, 6.45) is 13.5. The molecule has 2 saturated carbocycles. The fourth-order valence-corrected chi connectivity index (χ4v) is 3.91. The quantitative estimate of drug-likeness (QED) is 0.508. The summed E-state index contributed by atoms with van der Waals surface area (Å²) < 4.78 is 0.735. The summed E-state index contributed by atoms with van der Waals surface area (Å²) in [5.41, 5.74) is 0. The minimum Gasteiger partial charge on any atom is -0.411 e. The number of hydrogen-bond donors (Lipinski definition) is 0. The molecule has 0 atom stereocenters. The molecular formula is C13H22CsNS2. The molecule has 0 aromatic heterocycles. The van der Waals surface area contributed by atoms with Crippen molar-refractivity contribution in [2.24, 2.45) is 0 Å². The second-order valence-corrected chi connectivity index (χ2v) is 6.29. The number of hydrogen-bond acceptors (Lipinski definition) is 2. The maximum absolute atomic E-state index is 5.32. The van der Waals surface area contributed by atoms with E-state index in [1.807, 2.05) is 0 Å². The van der Waals surface area contributed by atoms with Crippen molar-refractivity contribution in [1.29, 1.82) is 0 Å². The molecule has 0 saturated heterocycles. The molecule has 0 spiro atoms. The molecule has 0 unspecified atom stereocenters. The van der Waals surface area contributed by atoms with E-state index in [-0.39, 0.29) is 68.9 Å². The minimum atomic E-state index is 0. The summed E-state index contributed by atoms with van der Waals surface area (Å²) in [4.78, 5) is 2.43. The van der Waals surface area contributed by atoms with Gasteiger partial charge in [-0.05, 0) is 25.7 Å². The fraction of sp³-hybridized carbons (Fsp3) is 0.923. The summed E-state index contributed by atoms with van der Waals surface area (Å²) in [5.74, 6) is 0. The Balaban J connectivity index is 0.00000144. The van der Waals surface area contributed by atoms with Crippen molar-refractivity contribution in [2.75, 3.05) is 0 Å². The Morgan fingerprint density at radius 1 is 0.824 bits per heavy atom. The molecule has 0 aromatic carbocycles. The van der Waals surface area contributed by atoms with Gasteiger partial charge in [0.05, 0.1) is 0 Å². The van der Waals surface area contributed by atoms with Crippen LogP contribution >= 0.6 is 12.2 Å². The molecule has 92 valence electrons. The molecule has 0 aliphatic heterocycles.